The van der Waals surface area contributed by atoms with Gasteiger partial charge in [-0.15, -0.1) is 22.7 Å². The molecule has 0 saturated heterocycles. The van der Waals surface area contributed by atoms with Crippen LogP contribution in [0.5, 0.6) is 0 Å². The molecule has 0 fully saturated rings. The van der Waals surface area contributed by atoms with Crippen molar-refractivity contribution in [3.63, 3.8) is 0 Å². The monoisotopic (exact) mass is 533 g/mol. The van der Waals surface area contributed by atoms with E-state index in [9.17, 15) is 0 Å². The number of rotatable bonds is 4. The third-order valence-electron chi connectivity index (χ3n) is 7.66. The first-order chi connectivity index (χ1) is 18.1. The van der Waals surface area contributed by atoms with Crippen LogP contribution in [0.25, 0.3) is 52.6 Å². The standard InChI is InChI=1S/C35H35NS2/c1-20(2)17-27-22(4)37-29-14-10-13-26(32(27)29)34-21(3)31-30(38-34)15-16-36-33(31)24-18-23-11-8-9-12-25(23)28(19-24)35(5,6)7/h8-16,18-20H,17H2,1-7H3. The summed E-state index contributed by atoms with van der Waals surface area (Å²) in [6.45, 7) is 16.1. The molecule has 0 aliphatic heterocycles. The summed E-state index contributed by atoms with van der Waals surface area (Å²) in [5.74, 6) is 0.628. The molecule has 38 heavy (non-hydrogen) atoms. The Kier molecular flexibility index (Phi) is 6.20. The number of pyridine rings is 1. The predicted molar refractivity (Wildman–Crippen MR) is 170 cm³/mol. The summed E-state index contributed by atoms with van der Waals surface area (Å²) in [5, 5.41) is 5.35. The Balaban J connectivity index is 1.62. The van der Waals surface area contributed by atoms with Crippen molar-refractivity contribution in [2.75, 3.05) is 0 Å². The minimum absolute atomic E-state index is 0.0393. The average Bonchev–Trinajstić information content (AvgIpc) is 3.38. The molecule has 3 heterocycles. The van der Waals surface area contributed by atoms with Crippen LogP contribution in [0.4, 0.5) is 0 Å². The Labute approximate surface area is 234 Å². The van der Waals surface area contributed by atoms with E-state index in [1.165, 1.54) is 68.5 Å². The second kappa shape index (κ2) is 9.32. The zero-order valence-electron chi connectivity index (χ0n) is 23.4. The van der Waals surface area contributed by atoms with Crippen LogP contribution in [0.2, 0.25) is 0 Å². The molecule has 0 aliphatic carbocycles. The van der Waals surface area contributed by atoms with E-state index in [2.05, 4.69) is 109 Å². The molecule has 6 rings (SSSR count). The van der Waals surface area contributed by atoms with Gasteiger partial charge in [0, 0.05) is 47.3 Å². The van der Waals surface area contributed by atoms with Crippen molar-refractivity contribution < 1.29 is 0 Å². The number of hydrogen-bond acceptors (Lipinski definition) is 3. The molecular weight excluding hydrogens is 499 g/mol. The largest absolute Gasteiger partial charge is 0.256 e. The van der Waals surface area contributed by atoms with Gasteiger partial charge in [-0.2, -0.15) is 0 Å². The van der Waals surface area contributed by atoms with E-state index in [0.717, 1.165) is 12.1 Å². The van der Waals surface area contributed by atoms with Crippen LogP contribution in [0.15, 0.2) is 66.9 Å². The number of aryl methyl sites for hydroxylation is 2. The number of fused-ring (bicyclic) bond motifs is 3. The Hall–Kier alpha value is -3.01. The Morgan fingerprint density at radius 2 is 1.61 bits per heavy atom. The average molecular weight is 534 g/mol. The molecule has 0 amide bonds. The van der Waals surface area contributed by atoms with Crippen LogP contribution >= 0.6 is 22.7 Å². The summed E-state index contributed by atoms with van der Waals surface area (Å²) in [6.07, 6.45) is 3.11. The quantitative estimate of drug-likeness (QED) is 0.220. The molecule has 0 N–H and O–H groups in total. The fraction of sp³-hybridized carbons (Fsp3) is 0.286. The van der Waals surface area contributed by atoms with E-state index >= 15 is 0 Å². The van der Waals surface area contributed by atoms with Crippen LogP contribution in [0.3, 0.4) is 0 Å². The summed E-state index contributed by atoms with van der Waals surface area (Å²) in [5.41, 5.74) is 7.94. The maximum absolute atomic E-state index is 5.01. The highest BCUT2D eigenvalue weighted by atomic mass is 32.1. The fourth-order valence-corrected chi connectivity index (χ4v) is 8.26. The molecule has 1 nitrogen and oxygen atoms in total. The highest BCUT2D eigenvalue weighted by Gasteiger charge is 2.23. The third-order valence-corrected chi connectivity index (χ3v) is 10.1. The lowest BCUT2D eigenvalue weighted by atomic mass is 9.82. The third kappa shape index (κ3) is 4.17. The first kappa shape index (κ1) is 25.3. The van der Waals surface area contributed by atoms with Crippen molar-refractivity contribution in [1.82, 2.24) is 4.98 Å². The first-order valence-corrected chi connectivity index (χ1v) is 15.2. The van der Waals surface area contributed by atoms with E-state index in [-0.39, 0.29) is 5.41 Å². The van der Waals surface area contributed by atoms with Crippen LogP contribution in [0.1, 0.15) is 56.2 Å². The lowest BCUT2D eigenvalue weighted by Crippen LogP contribution is -2.12. The van der Waals surface area contributed by atoms with Gasteiger partial charge in [-0.05, 0) is 83.3 Å². The number of aromatic nitrogens is 1. The van der Waals surface area contributed by atoms with E-state index in [0.29, 0.717) is 5.92 Å². The summed E-state index contributed by atoms with van der Waals surface area (Å²) in [6, 6.07) is 22.5. The molecule has 0 bridgehead atoms. The van der Waals surface area contributed by atoms with Gasteiger partial charge in [0.2, 0.25) is 0 Å². The molecule has 0 radical (unpaired) electrons. The highest BCUT2D eigenvalue weighted by Crippen LogP contribution is 2.47. The molecule has 0 atom stereocenters. The van der Waals surface area contributed by atoms with E-state index < -0.39 is 0 Å². The molecule has 0 aliphatic rings. The van der Waals surface area contributed by atoms with E-state index in [1.807, 2.05) is 28.9 Å². The molecule has 3 aromatic carbocycles. The summed E-state index contributed by atoms with van der Waals surface area (Å²) < 4.78 is 2.71. The van der Waals surface area contributed by atoms with Gasteiger partial charge in [0.1, 0.15) is 0 Å². The summed E-state index contributed by atoms with van der Waals surface area (Å²) in [4.78, 5) is 7.83. The van der Waals surface area contributed by atoms with Crippen molar-refractivity contribution in [1.29, 1.82) is 0 Å². The van der Waals surface area contributed by atoms with Crippen molar-refractivity contribution in [3.8, 4) is 21.7 Å². The van der Waals surface area contributed by atoms with Gasteiger partial charge in [-0.3, -0.25) is 4.98 Å². The molecule has 3 heteroatoms. The highest BCUT2D eigenvalue weighted by molar-refractivity contribution is 7.23. The minimum Gasteiger partial charge on any atom is -0.256 e. The smallest absolute Gasteiger partial charge is 0.0791 e. The molecule has 192 valence electrons. The van der Waals surface area contributed by atoms with Crippen molar-refractivity contribution in [3.05, 3.63) is 88.4 Å². The van der Waals surface area contributed by atoms with Crippen molar-refractivity contribution in [2.24, 2.45) is 5.92 Å². The molecule has 3 aromatic heterocycles. The normalized spacial score (nSPS) is 12.4. The van der Waals surface area contributed by atoms with Gasteiger partial charge in [-0.1, -0.05) is 71.0 Å². The van der Waals surface area contributed by atoms with E-state index in [1.54, 1.807) is 0 Å². The Morgan fingerprint density at radius 3 is 2.37 bits per heavy atom. The lowest BCUT2D eigenvalue weighted by Gasteiger charge is -2.23. The molecule has 0 spiro atoms. The second-order valence-electron chi connectivity index (χ2n) is 12.0. The van der Waals surface area contributed by atoms with Gasteiger partial charge in [0.15, 0.2) is 0 Å². The minimum atomic E-state index is 0.0393. The van der Waals surface area contributed by atoms with Crippen LogP contribution in [0, 0.1) is 19.8 Å². The number of hydrogen-bond donors (Lipinski definition) is 0. The zero-order chi connectivity index (χ0) is 26.8. The van der Waals surface area contributed by atoms with Gasteiger partial charge < -0.3 is 0 Å². The molecule has 6 aromatic rings. The zero-order valence-corrected chi connectivity index (χ0v) is 25.0. The van der Waals surface area contributed by atoms with Gasteiger partial charge >= 0.3 is 0 Å². The maximum atomic E-state index is 5.01. The first-order valence-electron chi connectivity index (χ1n) is 13.6. The number of benzene rings is 3. The van der Waals surface area contributed by atoms with Gasteiger partial charge in [-0.25, -0.2) is 0 Å². The molecule has 0 unspecified atom stereocenters. The van der Waals surface area contributed by atoms with Crippen LogP contribution in [-0.2, 0) is 11.8 Å². The fourth-order valence-electron chi connectivity index (χ4n) is 5.91. The lowest BCUT2D eigenvalue weighted by molar-refractivity contribution is 0.596. The van der Waals surface area contributed by atoms with Crippen LogP contribution < -0.4 is 0 Å². The number of nitrogens with zero attached hydrogens (tertiary/aromatic N) is 1. The SMILES string of the molecule is Cc1sc2cccc(-c3sc4ccnc(-c5cc(C(C)(C)C)c6ccccc6c5)c4c3C)c2c1CC(C)C. The Morgan fingerprint density at radius 1 is 0.842 bits per heavy atom. The predicted octanol–water partition coefficient (Wildman–Crippen LogP) is 11.1. The summed E-state index contributed by atoms with van der Waals surface area (Å²) >= 11 is 3.86. The van der Waals surface area contributed by atoms with Crippen molar-refractivity contribution >= 4 is 53.6 Å². The molecule has 0 saturated carbocycles. The number of thiophene rings is 2. The maximum Gasteiger partial charge on any atom is 0.0791 e. The molecular formula is C35H35NS2. The topological polar surface area (TPSA) is 12.9 Å². The Bertz CT molecular complexity index is 1820. The van der Waals surface area contributed by atoms with Gasteiger partial charge in [0.25, 0.3) is 0 Å². The second-order valence-corrected chi connectivity index (χ2v) is 14.3. The van der Waals surface area contributed by atoms with Crippen molar-refractivity contribution in [2.45, 2.75) is 60.3 Å². The van der Waals surface area contributed by atoms with Crippen LogP contribution in [-0.4, -0.2) is 4.98 Å². The summed E-state index contributed by atoms with van der Waals surface area (Å²) in [7, 11) is 0. The van der Waals surface area contributed by atoms with E-state index in [4.69, 9.17) is 4.98 Å². The van der Waals surface area contributed by atoms with Gasteiger partial charge in [0.05, 0.1) is 5.69 Å².